The van der Waals surface area contributed by atoms with E-state index < -0.39 is 26.0 Å². The smallest absolute Gasteiger partial charge is 0.211 e. The lowest BCUT2D eigenvalue weighted by Gasteiger charge is -2.15. The first-order valence-electron chi connectivity index (χ1n) is 8.74. The number of sulfone groups is 1. The molecule has 0 N–H and O–H groups in total. The molecule has 29 heavy (non-hydrogen) atoms. The van der Waals surface area contributed by atoms with Gasteiger partial charge in [0.25, 0.3) is 0 Å². The zero-order valence-electron chi connectivity index (χ0n) is 15.0. The third kappa shape index (κ3) is 3.57. The van der Waals surface area contributed by atoms with Crippen molar-refractivity contribution in [2.75, 3.05) is 0 Å². The summed E-state index contributed by atoms with van der Waals surface area (Å²) < 4.78 is 41.7. The topological polar surface area (TPSA) is 56.1 Å². The molecule has 0 amide bonds. The van der Waals surface area contributed by atoms with Gasteiger partial charge in [-0.3, -0.25) is 4.79 Å². The lowest BCUT2D eigenvalue weighted by atomic mass is 10.1. The fourth-order valence-corrected chi connectivity index (χ4v) is 4.79. The molecule has 0 atom stereocenters. The van der Waals surface area contributed by atoms with E-state index in [-0.39, 0.29) is 16.8 Å². The van der Waals surface area contributed by atoms with E-state index in [0.717, 1.165) is 11.6 Å². The van der Waals surface area contributed by atoms with Crippen LogP contribution in [0.15, 0.2) is 93.6 Å². The van der Waals surface area contributed by atoms with E-state index in [4.69, 9.17) is 11.6 Å². The Morgan fingerprint density at radius 3 is 2.34 bits per heavy atom. The first-order valence-corrected chi connectivity index (χ1v) is 10.6. The number of aromatic nitrogens is 1. The van der Waals surface area contributed by atoms with Crippen LogP contribution in [0.3, 0.4) is 0 Å². The summed E-state index contributed by atoms with van der Waals surface area (Å²) in [5.74, 6) is -0.617. The van der Waals surface area contributed by atoms with Crippen molar-refractivity contribution in [3.63, 3.8) is 0 Å². The molecule has 0 spiro atoms. The highest BCUT2D eigenvalue weighted by Crippen LogP contribution is 2.24. The monoisotopic (exact) mass is 427 g/mol. The van der Waals surface area contributed by atoms with Gasteiger partial charge in [0, 0.05) is 23.2 Å². The molecule has 1 heterocycles. The predicted molar refractivity (Wildman–Crippen MR) is 111 cm³/mol. The molecule has 7 heteroatoms. The van der Waals surface area contributed by atoms with E-state index >= 15 is 0 Å². The van der Waals surface area contributed by atoms with Gasteiger partial charge in [0.05, 0.1) is 10.4 Å². The van der Waals surface area contributed by atoms with Gasteiger partial charge >= 0.3 is 0 Å². The largest absolute Gasteiger partial charge is 0.341 e. The second kappa shape index (κ2) is 7.46. The van der Waals surface area contributed by atoms with E-state index in [9.17, 15) is 17.6 Å². The van der Waals surface area contributed by atoms with Crippen molar-refractivity contribution in [1.82, 2.24) is 4.57 Å². The van der Waals surface area contributed by atoms with Gasteiger partial charge in [-0.05, 0) is 42.0 Å². The number of halogens is 2. The van der Waals surface area contributed by atoms with E-state index in [1.165, 1.54) is 30.5 Å². The maximum absolute atomic E-state index is 13.9. The number of fused-ring (bicyclic) bond motifs is 1. The molecule has 0 bridgehead atoms. The molecule has 1 aromatic heterocycles. The number of rotatable bonds is 4. The Bertz CT molecular complexity index is 1380. The quantitative estimate of drug-likeness (QED) is 0.475. The molecular weight excluding hydrogens is 413 g/mol. The molecule has 3 aromatic carbocycles. The summed E-state index contributed by atoms with van der Waals surface area (Å²) in [5.41, 5.74) is 0.425. The van der Waals surface area contributed by atoms with Crippen LogP contribution in [0.4, 0.5) is 4.39 Å². The van der Waals surface area contributed by atoms with Gasteiger partial charge in [0.15, 0.2) is 0 Å². The molecule has 0 unspecified atom stereocenters. The van der Waals surface area contributed by atoms with Gasteiger partial charge in [-0.1, -0.05) is 48.0 Å². The molecule has 146 valence electrons. The Morgan fingerprint density at radius 2 is 1.62 bits per heavy atom. The van der Waals surface area contributed by atoms with Crippen LogP contribution in [0.1, 0.15) is 5.56 Å². The summed E-state index contributed by atoms with van der Waals surface area (Å²) in [7, 11) is -4.09. The number of hydrogen-bond acceptors (Lipinski definition) is 3. The average molecular weight is 428 g/mol. The fourth-order valence-electron chi connectivity index (χ4n) is 3.20. The van der Waals surface area contributed by atoms with Gasteiger partial charge < -0.3 is 4.57 Å². The van der Waals surface area contributed by atoms with Gasteiger partial charge in [0.1, 0.15) is 10.7 Å². The van der Waals surface area contributed by atoms with Crippen LogP contribution in [-0.2, 0) is 16.4 Å². The standard InChI is InChI=1S/C22H15ClFNO3S/c23-19-9-5-4-6-15(19)13-25-14-21(29(27,28)17-7-2-1-3-8-17)22(26)18-12-16(24)10-11-20(18)25/h1-12,14H,13H2. The maximum atomic E-state index is 13.9. The summed E-state index contributed by atoms with van der Waals surface area (Å²) in [6.07, 6.45) is 1.30. The Hall–Kier alpha value is -2.96. The van der Waals surface area contributed by atoms with Gasteiger partial charge in [-0.25, -0.2) is 12.8 Å². The number of pyridine rings is 1. The van der Waals surface area contributed by atoms with E-state index in [0.29, 0.717) is 10.5 Å². The molecular formula is C22H15ClFNO3S. The van der Waals surface area contributed by atoms with Gasteiger partial charge in [0.2, 0.25) is 15.3 Å². The minimum absolute atomic E-state index is 0.00264. The van der Waals surface area contributed by atoms with Crippen molar-refractivity contribution in [2.45, 2.75) is 16.3 Å². The van der Waals surface area contributed by atoms with Crippen LogP contribution in [-0.4, -0.2) is 13.0 Å². The minimum atomic E-state index is -4.09. The lowest BCUT2D eigenvalue weighted by Crippen LogP contribution is -2.20. The zero-order chi connectivity index (χ0) is 20.6. The second-order valence-corrected chi connectivity index (χ2v) is 8.85. The van der Waals surface area contributed by atoms with Crippen molar-refractivity contribution >= 4 is 32.3 Å². The summed E-state index contributed by atoms with van der Waals surface area (Å²) in [6, 6.07) is 18.6. The van der Waals surface area contributed by atoms with Crippen LogP contribution in [0.5, 0.6) is 0 Å². The normalized spacial score (nSPS) is 11.7. The zero-order valence-corrected chi connectivity index (χ0v) is 16.6. The maximum Gasteiger partial charge on any atom is 0.211 e. The summed E-state index contributed by atoms with van der Waals surface area (Å²) in [5, 5.41) is 0.503. The van der Waals surface area contributed by atoms with Crippen LogP contribution >= 0.6 is 11.6 Å². The summed E-state index contributed by atoms with van der Waals surface area (Å²) in [4.78, 5) is 12.6. The Balaban J connectivity index is 2.00. The van der Waals surface area contributed by atoms with Crippen molar-refractivity contribution in [2.24, 2.45) is 0 Å². The first kappa shape index (κ1) is 19.4. The van der Waals surface area contributed by atoms with Crippen molar-refractivity contribution < 1.29 is 12.8 Å². The Labute approximate surface area is 171 Å². The SMILES string of the molecule is O=c1c(S(=O)(=O)c2ccccc2)cn(Cc2ccccc2Cl)c2ccc(F)cc12. The van der Waals surface area contributed by atoms with E-state index in [1.54, 1.807) is 41.0 Å². The number of hydrogen-bond donors (Lipinski definition) is 0. The Kier molecular flexibility index (Phi) is 4.98. The molecule has 0 saturated carbocycles. The summed E-state index contributed by atoms with van der Waals surface area (Å²) in [6.45, 7) is 0.222. The second-order valence-electron chi connectivity index (χ2n) is 6.52. The van der Waals surface area contributed by atoms with Gasteiger partial charge in [-0.2, -0.15) is 0 Å². The lowest BCUT2D eigenvalue weighted by molar-refractivity contribution is 0.593. The molecule has 0 aliphatic heterocycles. The molecule has 4 nitrogen and oxygen atoms in total. The highest BCUT2D eigenvalue weighted by molar-refractivity contribution is 7.91. The van der Waals surface area contributed by atoms with Gasteiger partial charge in [-0.15, -0.1) is 0 Å². The van der Waals surface area contributed by atoms with Crippen LogP contribution in [0, 0.1) is 5.82 Å². The third-order valence-electron chi connectivity index (χ3n) is 4.65. The van der Waals surface area contributed by atoms with Crippen molar-refractivity contribution in [3.05, 3.63) is 106 Å². The first-order chi connectivity index (χ1) is 13.9. The highest BCUT2D eigenvalue weighted by atomic mass is 35.5. The molecule has 0 radical (unpaired) electrons. The molecule has 4 aromatic rings. The van der Waals surface area contributed by atoms with Crippen LogP contribution in [0.2, 0.25) is 5.02 Å². The van der Waals surface area contributed by atoms with E-state index in [1.807, 2.05) is 6.07 Å². The molecule has 0 aliphatic rings. The highest BCUT2D eigenvalue weighted by Gasteiger charge is 2.24. The number of nitrogens with zero attached hydrogens (tertiary/aromatic N) is 1. The number of benzene rings is 3. The Morgan fingerprint density at radius 1 is 0.931 bits per heavy atom. The molecule has 0 saturated heterocycles. The molecule has 0 fully saturated rings. The average Bonchev–Trinajstić information content (AvgIpc) is 2.72. The molecule has 4 rings (SSSR count). The van der Waals surface area contributed by atoms with E-state index in [2.05, 4.69) is 0 Å². The summed E-state index contributed by atoms with van der Waals surface area (Å²) >= 11 is 6.25. The van der Waals surface area contributed by atoms with Crippen molar-refractivity contribution in [1.29, 1.82) is 0 Å². The van der Waals surface area contributed by atoms with Crippen LogP contribution in [0.25, 0.3) is 10.9 Å². The fraction of sp³-hybridized carbons (Fsp3) is 0.0455. The predicted octanol–water partition coefficient (Wildman–Crippen LogP) is 4.68. The van der Waals surface area contributed by atoms with Crippen molar-refractivity contribution in [3.8, 4) is 0 Å². The minimum Gasteiger partial charge on any atom is -0.341 e. The van der Waals surface area contributed by atoms with Crippen LogP contribution < -0.4 is 5.43 Å². The molecule has 0 aliphatic carbocycles. The third-order valence-corrected chi connectivity index (χ3v) is 6.78.